The lowest BCUT2D eigenvalue weighted by Crippen LogP contribution is -2.38. The molecule has 2 heteroatoms. The van der Waals surface area contributed by atoms with Crippen molar-refractivity contribution < 1.29 is 9.53 Å². The molecule has 2 nitrogen and oxygen atoms in total. The Labute approximate surface area is 121 Å². The Kier molecular flexibility index (Phi) is 3.35. The fourth-order valence-electron chi connectivity index (χ4n) is 3.87. The standard InChI is InChI=1S/C18H24O2/c1-12-7-8-14(16(19)11-12)18(2,3)15-6-4-5-13-9-10-20-17(13)15/h4-6,12,14H,7-11H2,1-3H3. The van der Waals surface area contributed by atoms with Crippen LogP contribution in [-0.2, 0) is 16.6 Å². The summed E-state index contributed by atoms with van der Waals surface area (Å²) in [5.41, 5.74) is 2.39. The maximum atomic E-state index is 12.5. The summed E-state index contributed by atoms with van der Waals surface area (Å²) in [6.45, 7) is 7.38. The second kappa shape index (κ2) is 4.91. The lowest BCUT2D eigenvalue weighted by Gasteiger charge is -2.38. The number of hydrogen-bond donors (Lipinski definition) is 0. The van der Waals surface area contributed by atoms with E-state index in [2.05, 4.69) is 39.0 Å². The third-order valence-corrected chi connectivity index (χ3v) is 5.17. The minimum Gasteiger partial charge on any atom is -0.493 e. The van der Waals surface area contributed by atoms with Gasteiger partial charge in [-0.05, 0) is 24.3 Å². The number of ether oxygens (including phenoxy) is 1. The molecular weight excluding hydrogens is 248 g/mol. The van der Waals surface area contributed by atoms with E-state index in [1.807, 2.05) is 0 Å². The van der Waals surface area contributed by atoms with Crippen molar-refractivity contribution in [1.82, 2.24) is 0 Å². The third kappa shape index (κ3) is 2.15. The van der Waals surface area contributed by atoms with Crippen molar-refractivity contribution >= 4 is 5.78 Å². The van der Waals surface area contributed by atoms with Crippen LogP contribution in [0.15, 0.2) is 18.2 Å². The van der Waals surface area contributed by atoms with E-state index in [0.29, 0.717) is 11.7 Å². The highest BCUT2D eigenvalue weighted by molar-refractivity contribution is 5.83. The molecule has 108 valence electrons. The molecule has 1 aliphatic heterocycles. The van der Waals surface area contributed by atoms with Gasteiger partial charge in [-0.2, -0.15) is 0 Å². The Bertz CT molecular complexity index is 530. The molecule has 3 rings (SSSR count). The smallest absolute Gasteiger partial charge is 0.137 e. The summed E-state index contributed by atoms with van der Waals surface area (Å²) < 4.78 is 5.85. The summed E-state index contributed by atoms with van der Waals surface area (Å²) in [6, 6.07) is 6.41. The summed E-state index contributed by atoms with van der Waals surface area (Å²) >= 11 is 0. The highest BCUT2D eigenvalue weighted by Gasteiger charge is 2.41. The molecule has 1 aromatic carbocycles. The molecule has 1 fully saturated rings. The van der Waals surface area contributed by atoms with E-state index >= 15 is 0 Å². The lowest BCUT2D eigenvalue weighted by molar-refractivity contribution is -0.128. The first-order valence-electron chi connectivity index (χ1n) is 7.78. The van der Waals surface area contributed by atoms with E-state index in [1.54, 1.807) is 0 Å². The van der Waals surface area contributed by atoms with Gasteiger partial charge in [0.25, 0.3) is 0 Å². The number of Topliss-reactive ketones (excluding diaryl/α,β-unsaturated/α-hetero) is 1. The minimum atomic E-state index is -0.132. The third-order valence-electron chi connectivity index (χ3n) is 5.17. The Hall–Kier alpha value is -1.31. The van der Waals surface area contributed by atoms with Crippen molar-refractivity contribution in [3.63, 3.8) is 0 Å². The monoisotopic (exact) mass is 272 g/mol. The SMILES string of the molecule is CC1CCC(C(C)(C)c2cccc3c2OCC3)C(=O)C1. The summed E-state index contributed by atoms with van der Waals surface area (Å²) in [7, 11) is 0. The van der Waals surface area contributed by atoms with Crippen molar-refractivity contribution in [2.75, 3.05) is 6.61 Å². The van der Waals surface area contributed by atoms with Gasteiger partial charge in [-0.3, -0.25) is 4.79 Å². The van der Waals surface area contributed by atoms with Crippen molar-refractivity contribution in [2.24, 2.45) is 11.8 Å². The second-order valence-corrected chi connectivity index (χ2v) is 7.02. The van der Waals surface area contributed by atoms with Crippen LogP contribution in [0.1, 0.15) is 51.2 Å². The summed E-state index contributed by atoms with van der Waals surface area (Å²) in [5.74, 6) is 2.16. The first-order chi connectivity index (χ1) is 9.50. The molecule has 0 N–H and O–H groups in total. The Balaban J connectivity index is 1.96. The van der Waals surface area contributed by atoms with Gasteiger partial charge < -0.3 is 4.74 Å². The lowest BCUT2D eigenvalue weighted by atomic mass is 9.65. The molecule has 0 bridgehead atoms. The van der Waals surface area contributed by atoms with E-state index in [-0.39, 0.29) is 11.3 Å². The number of para-hydroxylation sites is 1. The molecular formula is C18H24O2. The van der Waals surface area contributed by atoms with Gasteiger partial charge in [-0.25, -0.2) is 0 Å². The maximum absolute atomic E-state index is 12.5. The number of fused-ring (bicyclic) bond motifs is 1. The van der Waals surface area contributed by atoms with E-state index in [4.69, 9.17) is 4.74 Å². The highest BCUT2D eigenvalue weighted by atomic mass is 16.5. The van der Waals surface area contributed by atoms with E-state index < -0.39 is 0 Å². The molecule has 2 atom stereocenters. The number of carbonyl (C=O) groups is 1. The Morgan fingerprint density at radius 1 is 1.25 bits per heavy atom. The molecule has 0 aromatic heterocycles. The number of benzene rings is 1. The zero-order valence-electron chi connectivity index (χ0n) is 12.7. The molecule has 2 unspecified atom stereocenters. The van der Waals surface area contributed by atoms with Crippen LogP contribution in [0.4, 0.5) is 0 Å². The molecule has 0 saturated heterocycles. The van der Waals surface area contributed by atoms with Gasteiger partial charge in [0.1, 0.15) is 11.5 Å². The van der Waals surface area contributed by atoms with Crippen LogP contribution in [-0.4, -0.2) is 12.4 Å². The van der Waals surface area contributed by atoms with Crippen molar-refractivity contribution in [1.29, 1.82) is 0 Å². The molecule has 1 aromatic rings. The van der Waals surface area contributed by atoms with Gasteiger partial charge in [0.05, 0.1) is 6.61 Å². The summed E-state index contributed by atoms with van der Waals surface area (Å²) in [5, 5.41) is 0. The van der Waals surface area contributed by atoms with Gasteiger partial charge in [-0.15, -0.1) is 0 Å². The van der Waals surface area contributed by atoms with Crippen LogP contribution < -0.4 is 4.74 Å². The molecule has 1 aliphatic carbocycles. The van der Waals surface area contributed by atoms with E-state index in [1.165, 1.54) is 11.1 Å². The van der Waals surface area contributed by atoms with Crippen molar-refractivity contribution in [3.8, 4) is 5.75 Å². The predicted octanol–water partition coefficient (Wildman–Crippen LogP) is 3.90. The quantitative estimate of drug-likeness (QED) is 0.816. The van der Waals surface area contributed by atoms with Gasteiger partial charge in [0, 0.05) is 29.7 Å². The minimum absolute atomic E-state index is 0.132. The number of rotatable bonds is 2. The van der Waals surface area contributed by atoms with Gasteiger partial charge >= 0.3 is 0 Å². The maximum Gasteiger partial charge on any atom is 0.137 e. The fourth-order valence-corrected chi connectivity index (χ4v) is 3.87. The largest absolute Gasteiger partial charge is 0.493 e. The molecule has 0 amide bonds. The number of carbonyl (C=O) groups excluding carboxylic acids is 1. The molecule has 0 spiro atoms. The predicted molar refractivity (Wildman–Crippen MR) is 80.2 cm³/mol. The van der Waals surface area contributed by atoms with Crippen LogP contribution in [0.3, 0.4) is 0 Å². The van der Waals surface area contributed by atoms with Crippen LogP contribution >= 0.6 is 0 Å². The topological polar surface area (TPSA) is 26.3 Å². The molecule has 20 heavy (non-hydrogen) atoms. The van der Waals surface area contributed by atoms with Crippen LogP contribution in [0.25, 0.3) is 0 Å². The average molecular weight is 272 g/mol. The summed E-state index contributed by atoms with van der Waals surface area (Å²) in [6.07, 6.45) is 3.91. The van der Waals surface area contributed by atoms with Gasteiger partial charge in [0.15, 0.2) is 0 Å². The first kappa shape index (κ1) is 13.7. The highest BCUT2D eigenvalue weighted by Crippen LogP contribution is 2.45. The van der Waals surface area contributed by atoms with Crippen LogP contribution in [0.5, 0.6) is 5.75 Å². The van der Waals surface area contributed by atoms with E-state index in [0.717, 1.165) is 38.0 Å². The fraction of sp³-hybridized carbons (Fsp3) is 0.611. The first-order valence-corrected chi connectivity index (χ1v) is 7.78. The molecule has 1 saturated carbocycles. The summed E-state index contributed by atoms with van der Waals surface area (Å²) in [4.78, 5) is 12.5. The zero-order valence-corrected chi connectivity index (χ0v) is 12.7. The Morgan fingerprint density at radius 3 is 2.80 bits per heavy atom. The average Bonchev–Trinajstić information content (AvgIpc) is 2.85. The van der Waals surface area contributed by atoms with Crippen LogP contribution in [0, 0.1) is 11.8 Å². The van der Waals surface area contributed by atoms with Crippen molar-refractivity contribution in [2.45, 2.75) is 51.9 Å². The molecule has 0 radical (unpaired) electrons. The molecule has 1 heterocycles. The van der Waals surface area contributed by atoms with Crippen molar-refractivity contribution in [3.05, 3.63) is 29.3 Å². The van der Waals surface area contributed by atoms with Crippen LogP contribution in [0.2, 0.25) is 0 Å². The second-order valence-electron chi connectivity index (χ2n) is 7.02. The Morgan fingerprint density at radius 2 is 2.05 bits per heavy atom. The van der Waals surface area contributed by atoms with Gasteiger partial charge in [-0.1, -0.05) is 39.0 Å². The molecule has 2 aliphatic rings. The van der Waals surface area contributed by atoms with E-state index in [9.17, 15) is 4.79 Å². The normalized spacial score (nSPS) is 26.2. The number of hydrogen-bond acceptors (Lipinski definition) is 2. The van der Waals surface area contributed by atoms with Gasteiger partial charge in [0.2, 0.25) is 0 Å². The zero-order chi connectivity index (χ0) is 14.3. The number of ketones is 1.